The van der Waals surface area contributed by atoms with E-state index in [1.54, 1.807) is 24.3 Å². The van der Waals surface area contributed by atoms with Crippen LogP contribution in [0.4, 0.5) is 11.4 Å². The van der Waals surface area contributed by atoms with E-state index in [1.165, 1.54) is 24.3 Å². The van der Waals surface area contributed by atoms with Gasteiger partial charge in [0.2, 0.25) is 0 Å². The molecule has 3 aromatic rings. The summed E-state index contributed by atoms with van der Waals surface area (Å²) in [6.07, 6.45) is -0.193. The Morgan fingerprint density at radius 3 is 2.26 bits per heavy atom. The second kappa shape index (κ2) is 9.85. The Morgan fingerprint density at radius 1 is 1.00 bits per heavy atom. The van der Waals surface area contributed by atoms with E-state index in [9.17, 15) is 13.2 Å². The minimum Gasteiger partial charge on any atom is -0.481 e. The molecule has 0 aromatic heterocycles. The van der Waals surface area contributed by atoms with Gasteiger partial charge < -0.3 is 10.1 Å². The molecule has 3 aromatic carbocycles. The second-order valence-electron chi connectivity index (χ2n) is 6.93. The number of halogens is 1. The molecule has 6 nitrogen and oxygen atoms in total. The van der Waals surface area contributed by atoms with Crippen molar-refractivity contribution >= 4 is 38.9 Å². The SMILES string of the molecule is CC[C@@H](Oc1ccc(C)cc1)C(=O)Nc1ccc(S(=O)(=O)Nc2ccccc2Cl)cc1. The van der Waals surface area contributed by atoms with Gasteiger partial charge in [-0.2, -0.15) is 0 Å². The van der Waals surface area contributed by atoms with Crippen LogP contribution < -0.4 is 14.8 Å². The number of rotatable bonds is 8. The number of carbonyl (C=O) groups excluding carboxylic acids is 1. The zero-order valence-electron chi connectivity index (χ0n) is 17.1. The van der Waals surface area contributed by atoms with Gasteiger partial charge in [-0.15, -0.1) is 0 Å². The highest BCUT2D eigenvalue weighted by molar-refractivity contribution is 7.92. The van der Waals surface area contributed by atoms with E-state index in [1.807, 2.05) is 38.1 Å². The zero-order chi connectivity index (χ0) is 22.4. The molecule has 162 valence electrons. The van der Waals surface area contributed by atoms with E-state index in [2.05, 4.69) is 10.0 Å². The lowest BCUT2D eigenvalue weighted by atomic mass is 10.2. The van der Waals surface area contributed by atoms with Crippen LogP contribution in [0.5, 0.6) is 5.75 Å². The molecular weight excluding hydrogens is 436 g/mol. The van der Waals surface area contributed by atoms with E-state index in [-0.39, 0.29) is 10.8 Å². The number of anilines is 2. The summed E-state index contributed by atoms with van der Waals surface area (Å²) < 4.78 is 33.4. The van der Waals surface area contributed by atoms with Crippen molar-refractivity contribution < 1.29 is 17.9 Å². The fourth-order valence-corrected chi connectivity index (χ4v) is 4.11. The van der Waals surface area contributed by atoms with Crippen LogP contribution >= 0.6 is 11.6 Å². The van der Waals surface area contributed by atoms with Crippen molar-refractivity contribution in [1.82, 2.24) is 0 Å². The maximum Gasteiger partial charge on any atom is 0.265 e. The lowest BCUT2D eigenvalue weighted by Gasteiger charge is -2.17. The largest absolute Gasteiger partial charge is 0.481 e. The van der Waals surface area contributed by atoms with Gasteiger partial charge in [0, 0.05) is 5.69 Å². The van der Waals surface area contributed by atoms with Gasteiger partial charge in [0.25, 0.3) is 15.9 Å². The number of hydrogen-bond donors (Lipinski definition) is 2. The van der Waals surface area contributed by atoms with Gasteiger partial charge in [0.15, 0.2) is 6.10 Å². The number of para-hydroxylation sites is 1. The summed E-state index contributed by atoms with van der Waals surface area (Å²) in [5.74, 6) is 0.299. The standard InChI is InChI=1S/C23H23ClN2O4S/c1-3-22(30-18-12-8-16(2)9-13-18)23(27)25-17-10-14-19(15-11-17)31(28,29)26-21-7-5-4-6-20(21)24/h4-15,22,26H,3H2,1-2H3,(H,25,27)/t22-/m1/s1. The number of hydrogen-bond acceptors (Lipinski definition) is 4. The Bertz CT molecular complexity index is 1150. The summed E-state index contributed by atoms with van der Waals surface area (Å²) in [6, 6.07) is 19.9. The maximum absolute atomic E-state index is 12.6. The number of sulfonamides is 1. The minimum absolute atomic E-state index is 0.0494. The van der Waals surface area contributed by atoms with E-state index < -0.39 is 16.1 Å². The van der Waals surface area contributed by atoms with Gasteiger partial charge in [0.05, 0.1) is 15.6 Å². The molecule has 0 spiro atoms. The molecule has 0 aliphatic heterocycles. The van der Waals surface area contributed by atoms with Crippen LogP contribution in [0.15, 0.2) is 77.7 Å². The lowest BCUT2D eigenvalue weighted by molar-refractivity contribution is -0.122. The van der Waals surface area contributed by atoms with E-state index in [0.29, 0.717) is 28.6 Å². The third kappa shape index (κ3) is 5.99. The molecule has 3 rings (SSSR count). The van der Waals surface area contributed by atoms with E-state index >= 15 is 0 Å². The first kappa shape index (κ1) is 22.7. The van der Waals surface area contributed by atoms with Gasteiger partial charge in [-0.25, -0.2) is 8.42 Å². The van der Waals surface area contributed by atoms with E-state index in [4.69, 9.17) is 16.3 Å². The van der Waals surface area contributed by atoms with Crippen LogP contribution in [0, 0.1) is 6.92 Å². The normalized spacial score (nSPS) is 12.1. The van der Waals surface area contributed by atoms with Crippen molar-refractivity contribution in [2.75, 3.05) is 10.0 Å². The highest BCUT2D eigenvalue weighted by Crippen LogP contribution is 2.24. The number of benzene rings is 3. The van der Waals surface area contributed by atoms with Crippen LogP contribution in [0.2, 0.25) is 5.02 Å². The Morgan fingerprint density at radius 2 is 1.65 bits per heavy atom. The van der Waals surface area contributed by atoms with E-state index in [0.717, 1.165) is 5.56 Å². The Hall–Kier alpha value is -3.03. The fourth-order valence-electron chi connectivity index (χ4n) is 2.79. The molecule has 0 heterocycles. The van der Waals surface area contributed by atoms with Crippen molar-refractivity contribution in [1.29, 1.82) is 0 Å². The molecule has 31 heavy (non-hydrogen) atoms. The van der Waals surface area contributed by atoms with Gasteiger partial charge in [-0.3, -0.25) is 9.52 Å². The summed E-state index contributed by atoms with van der Waals surface area (Å²) in [6.45, 7) is 3.83. The summed E-state index contributed by atoms with van der Waals surface area (Å²) in [5, 5.41) is 3.06. The van der Waals surface area contributed by atoms with Crippen molar-refractivity contribution in [2.45, 2.75) is 31.3 Å². The molecule has 0 radical (unpaired) electrons. The molecule has 0 unspecified atom stereocenters. The first-order valence-corrected chi connectivity index (χ1v) is 11.6. The highest BCUT2D eigenvalue weighted by atomic mass is 35.5. The predicted molar refractivity (Wildman–Crippen MR) is 123 cm³/mol. The summed E-state index contributed by atoms with van der Waals surface area (Å²) in [5.41, 5.74) is 1.86. The Balaban J connectivity index is 1.67. The van der Waals surface area contributed by atoms with Crippen LogP contribution in [-0.4, -0.2) is 20.4 Å². The van der Waals surface area contributed by atoms with Crippen LogP contribution in [0.3, 0.4) is 0 Å². The van der Waals surface area contributed by atoms with Crippen LogP contribution in [-0.2, 0) is 14.8 Å². The summed E-state index contributed by atoms with van der Waals surface area (Å²) >= 11 is 6.02. The Labute approximate surface area is 187 Å². The number of amides is 1. The molecular formula is C23H23ClN2O4S. The monoisotopic (exact) mass is 458 g/mol. The highest BCUT2D eigenvalue weighted by Gasteiger charge is 2.20. The molecule has 0 saturated heterocycles. The first-order valence-electron chi connectivity index (χ1n) is 9.70. The first-order chi connectivity index (χ1) is 14.8. The van der Waals surface area contributed by atoms with Crippen molar-refractivity contribution in [3.8, 4) is 5.75 Å². The van der Waals surface area contributed by atoms with Crippen LogP contribution in [0.1, 0.15) is 18.9 Å². The van der Waals surface area contributed by atoms with Gasteiger partial charge in [-0.05, 0) is 61.9 Å². The van der Waals surface area contributed by atoms with Crippen molar-refractivity contribution in [2.24, 2.45) is 0 Å². The van der Waals surface area contributed by atoms with Crippen molar-refractivity contribution in [3.05, 3.63) is 83.4 Å². The number of carbonyl (C=O) groups is 1. The lowest BCUT2D eigenvalue weighted by Crippen LogP contribution is -2.32. The fraction of sp³-hybridized carbons (Fsp3) is 0.174. The van der Waals surface area contributed by atoms with Crippen LogP contribution in [0.25, 0.3) is 0 Å². The molecule has 0 saturated carbocycles. The molecule has 2 N–H and O–H groups in total. The average molecular weight is 459 g/mol. The number of nitrogens with one attached hydrogen (secondary N) is 2. The average Bonchev–Trinajstić information content (AvgIpc) is 2.75. The third-order valence-electron chi connectivity index (χ3n) is 4.51. The molecule has 0 bridgehead atoms. The smallest absolute Gasteiger partial charge is 0.265 e. The molecule has 1 atom stereocenters. The molecule has 0 aliphatic rings. The molecule has 0 aliphatic carbocycles. The molecule has 1 amide bonds. The molecule has 0 fully saturated rings. The predicted octanol–water partition coefficient (Wildman–Crippen LogP) is 5.25. The zero-order valence-corrected chi connectivity index (χ0v) is 18.7. The van der Waals surface area contributed by atoms with Gasteiger partial charge in [0.1, 0.15) is 5.75 Å². The third-order valence-corrected chi connectivity index (χ3v) is 6.22. The van der Waals surface area contributed by atoms with Gasteiger partial charge in [-0.1, -0.05) is 48.4 Å². The summed E-state index contributed by atoms with van der Waals surface area (Å²) in [7, 11) is -3.82. The maximum atomic E-state index is 12.6. The Kier molecular flexibility index (Phi) is 7.20. The number of ether oxygens (including phenoxy) is 1. The van der Waals surface area contributed by atoms with Gasteiger partial charge >= 0.3 is 0 Å². The topological polar surface area (TPSA) is 84.5 Å². The minimum atomic E-state index is -3.82. The summed E-state index contributed by atoms with van der Waals surface area (Å²) in [4.78, 5) is 12.6. The quantitative estimate of drug-likeness (QED) is 0.483. The van der Waals surface area contributed by atoms with Crippen molar-refractivity contribution in [3.63, 3.8) is 0 Å². The number of aryl methyl sites for hydroxylation is 1. The second-order valence-corrected chi connectivity index (χ2v) is 9.02. The molecule has 8 heteroatoms.